The Hall–Kier alpha value is -1.77. The van der Waals surface area contributed by atoms with Crippen LogP contribution in [0, 0.1) is 0 Å². The first kappa shape index (κ1) is 13.7. The molecule has 19 heavy (non-hydrogen) atoms. The van der Waals surface area contributed by atoms with Crippen molar-refractivity contribution in [3.8, 4) is 0 Å². The SMILES string of the molecule is CC(CCc1ccccc1)Nc1nccn1C(C)C. The van der Waals surface area contributed by atoms with Crippen molar-refractivity contribution in [2.24, 2.45) is 0 Å². The Kier molecular flexibility index (Phi) is 4.61. The Morgan fingerprint density at radius 3 is 2.58 bits per heavy atom. The molecule has 3 nitrogen and oxygen atoms in total. The van der Waals surface area contributed by atoms with Crippen LogP contribution in [-0.2, 0) is 6.42 Å². The van der Waals surface area contributed by atoms with Crippen LogP contribution in [0.15, 0.2) is 42.7 Å². The van der Waals surface area contributed by atoms with Gasteiger partial charge in [0.15, 0.2) is 0 Å². The molecule has 1 atom stereocenters. The normalized spacial score (nSPS) is 12.6. The summed E-state index contributed by atoms with van der Waals surface area (Å²) in [5, 5.41) is 3.49. The highest BCUT2D eigenvalue weighted by molar-refractivity contribution is 5.28. The van der Waals surface area contributed by atoms with Crippen molar-refractivity contribution in [2.75, 3.05) is 5.32 Å². The quantitative estimate of drug-likeness (QED) is 0.850. The number of anilines is 1. The Labute approximate surface area is 115 Å². The van der Waals surface area contributed by atoms with Crippen molar-refractivity contribution in [2.45, 2.75) is 45.7 Å². The lowest BCUT2D eigenvalue weighted by atomic mass is 10.1. The van der Waals surface area contributed by atoms with Crippen LogP contribution in [0.4, 0.5) is 5.95 Å². The van der Waals surface area contributed by atoms with Crippen molar-refractivity contribution >= 4 is 5.95 Å². The zero-order valence-electron chi connectivity index (χ0n) is 12.0. The van der Waals surface area contributed by atoms with Crippen LogP contribution in [-0.4, -0.2) is 15.6 Å². The summed E-state index contributed by atoms with van der Waals surface area (Å²) in [4.78, 5) is 4.38. The minimum Gasteiger partial charge on any atom is -0.353 e. The summed E-state index contributed by atoms with van der Waals surface area (Å²) in [5.74, 6) is 0.968. The number of rotatable bonds is 6. The van der Waals surface area contributed by atoms with Crippen LogP contribution >= 0.6 is 0 Å². The van der Waals surface area contributed by atoms with Gasteiger partial charge in [0.1, 0.15) is 0 Å². The Morgan fingerprint density at radius 1 is 1.16 bits per heavy atom. The van der Waals surface area contributed by atoms with Crippen LogP contribution in [0.2, 0.25) is 0 Å². The van der Waals surface area contributed by atoms with Gasteiger partial charge in [0.05, 0.1) is 0 Å². The predicted octanol–water partition coefficient (Wildman–Crippen LogP) is 3.90. The van der Waals surface area contributed by atoms with E-state index in [0.29, 0.717) is 12.1 Å². The Bertz CT molecular complexity index is 488. The molecule has 0 bridgehead atoms. The van der Waals surface area contributed by atoms with Crippen LogP contribution < -0.4 is 5.32 Å². The lowest BCUT2D eigenvalue weighted by Gasteiger charge is -2.17. The number of benzene rings is 1. The summed E-state index contributed by atoms with van der Waals surface area (Å²) in [5.41, 5.74) is 1.39. The number of hydrogen-bond donors (Lipinski definition) is 1. The fourth-order valence-corrected chi connectivity index (χ4v) is 2.16. The molecule has 0 amide bonds. The van der Waals surface area contributed by atoms with E-state index in [1.54, 1.807) is 0 Å². The van der Waals surface area contributed by atoms with Gasteiger partial charge in [-0.15, -0.1) is 0 Å². The molecule has 102 valence electrons. The zero-order chi connectivity index (χ0) is 13.7. The number of hydrogen-bond acceptors (Lipinski definition) is 2. The molecule has 0 saturated heterocycles. The lowest BCUT2D eigenvalue weighted by Crippen LogP contribution is -2.19. The van der Waals surface area contributed by atoms with Gasteiger partial charge < -0.3 is 9.88 Å². The molecule has 2 aromatic rings. The predicted molar refractivity (Wildman–Crippen MR) is 80.5 cm³/mol. The second-order valence-corrected chi connectivity index (χ2v) is 5.32. The molecule has 0 aliphatic carbocycles. The van der Waals surface area contributed by atoms with Crippen molar-refractivity contribution in [1.82, 2.24) is 9.55 Å². The number of aryl methyl sites for hydroxylation is 1. The van der Waals surface area contributed by atoms with Gasteiger partial charge in [-0.3, -0.25) is 0 Å². The molecule has 0 saturated carbocycles. The second-order valence-electron chi connectivity index (χ2n) is 5.32. The summed E-state index contributed by atoms with van der Waals surface area (Å²) >= 11 is 0. The molecule has 1 aromatic heterocycles. The van der Waals surface area contributed by atoms with E-state index in [4.69, 9.17) is 0 Å². The molecule has 0 radical (unpaired) electrons. The fraction of sp³-hybridized carbons (Fsp3) is 0.438. The minimum absolute atomic E-state index is 0.417. The summed E-state index contributed by atoms with van der Waals surface area (Å²) in [6, 6.07) is 11.5. The fourth-order valence-electron chi connectivity index (χ4n) is 2.16. The van der Waals surface area contributed by atoms with Crippen LogP contribution in [0.3, 0.4) is 0 Å². The topological polar surface area (TPSA) is 29.9 Å². The van der Waals surface area contributed by atoms with Gasteiger partial charge in [-0.25, -0.2) is 4.98 Å². The zero-order valence-corrected chi connectivity index (χ0v) is 12.0. The maximum atomic E-state index is 4.38. The second kappa shape index (κ2) is 6.41. The molecule has 0 aliphatic rings. The first-order chi connectivity index (χ1) is 9.16. The molecular formula is C16H23N3. The van der Waals surface area contributed by atoms with Gasteiger partial charge in [-0.2, -0.15) is 0 Å². The maximum Gasteiger partial charge on any atom is 0.203 e. The van der Waals surface area contributed by atoms with E-state index in [-0.39, 0.29) is 0 Å². The third kappa shape index (κ3) is 3.85. The van der Waals surface area contributed by atoms with Crippen molar-refractivity contribution in [1.29, 1.82) is 0 Å². The van der Waals surface area contributed by atoms with E-state index >= 15 is 0 Å². The van der Waals surface area contributed by atoms with E-state index in [1.165, 1.54) is 5.56 Å². The van der Waals surface area contributed by atoms with E-state index < -0.39 is 0 Å². The average molecular weight is 257 g/mol. The first-order valence-corrected chi connectivity index (χ1v) is 7.00. The van der Waals surface area contributed by atoms with Crippen molar-refractivity contribution < 1.29 is 0 Å². The number of aromatic nitrogens is 2. The average Bonchev–Trinajstić information content (AvgIpc) is 2.86. The summed E-state index contributed by atoms with van der Waals surface area (Å²) in [7, 11) is 0. The third-order valence-electron chi connectivity index (χ3n) is 3.31. The molecule has 0 aliphatic heterocycles. The summed E-state index contributed by atoms with van der Waals surface area (Å²) in [6.45, 7) is 6.55. The molecule has 1 unspecified atom stereocenters. The van der Waals surface area contributed by atoms with Gasteiger partial charge in [-0.1, -0.05) is 30.3 Å². The first-order valence-electron chi connectivity index (χ1n) is 7.00. The van der Waals surface area contributed by atoms with Crippen LogP contribution in [0.5, 0.6) is 0 Å². The molecule has 1 aromatic carbocycles. The standard InChI is InChI=1S/C16H23N3/c1-13(2)19-12-11-17-16(19)18-14(3)9-10-15-7-5-4-6-8-15/h4-8,11-14H,9-10H2,1-3H3,(H,17,18). The molecular weight excluding hydrogens is 234 g/mol. The highest BCUT2D eigenvalue weighted by atomic mass is 15.2. The monoisotopic (exact) mass is 257 g/mol. The van der Waals surface area contributed by atoms with E-state index in [2.05, 4.69) is 66.0 Å². The highest BCUT2D eigenvalue weighted by Crippen LogP contribution is 2.15. The lowest BCUT2D eigenvalue weighted by molar-refractivity contribution is 0.594. The molecule has 0 fully saturated rings. The van der Waals surface area contributed by atoms with E-state index in [1.807, 2.05) is 12.4 Å². The molecule has 1 heterocycles. The minimum atomic E-state index is 0.417. The molecule has 3 heteroatoms. The van der Waals surface area contributed by atoms with E-state index in [9.17, 15) is 0 Å². The van der Waals surface area contributed by atoms with Gasteiger partial charge in [0.25, 0.3) is 0 Å². The third-order valence-corrected chi connectivity index (χ3v) is 3.31. The number of nitrogens with one attached hydrogen (secondary N) is 1. The van der Waals surface area contributed by atoms with Crippen molar-refractivity contribution in [3.63, 3.8) is 0 Å². The van der Waals surface area contributed by atoms with Crippen LogP contribution in [0.25, 0.3) is 0 Å². The smallest absolute Gasteiger partial charge is 0.203 e. The summed E-state index contributed by atoms with van der Waals surface area (Å²) in [6.07, 6.45) is 6.08. The Morgan fingerprint density at radius 2 is 1.89 bits per heavy atom. The van der Waals surface area contributed by atoms with Gasteiger partial charge in [0, 0.05) is 24.5 Å². The highest BCUT2D eigenvalue weighted by Gasteiger charge is 2.09. The number of imidazole rings is 1. The Balaban J connectivity index is 1.87. The van der Waals surface area contributed by atoms with Crippen LogP contribution in [0.1, 0.15) is 38.8 Å². The summed E-state index contributed by atoms with van der Waals surface area (Å²) < 4.78 is 2.17. The van der Waals surface area contributed by atoms with Gasteiger partial charge in [-0.05, 0) is 39.2 Å². The largest absolute Gasteiger partial charge is 0.353 e. The molecule has 0 spiro atoms. The van der Waals surface area contributed by atoms with Gasteiger partial charge >= 0.3 is 0 Å². The van der Waals surface area contributed by atoms with E-state index in [0.717, 1.165) is 18.8 Å². The maximum absolute atomic E-state index is 4.38. The van der Waals surface area contributed by atoms with Crippen molar-refractivity contribution in [3.05, 3.63) is 48.3 Å². The molecule has 1 N–H and O–H groups in total. The number of nitrogens with zero attached hydrogens (tertiary/aromatic N) is 2. The van der Waals surface area contributed by atoms with Gasteiger partial charge in [0.2, 0.25) is 5.95 Å². The molecule has 2 rings (SSSR count).